The normalized spacial score (nSPS) is 12.8. The van der Waals surface area contributed by atoms with Crippen LogP contribution in [0.1, 0.15) is 15.9 Å². The van der Waals surface area contributed by atoms with Crippen LogP contribution in [0.4, 0.5) is 0 Å². The van der Waals surface area contributed by atoms with E-state index < -0.39 is 0 Å². The molecule has 1 aliphatic rings. The van der Waals surface area contributed by atoms with Crippen LogP contribution >= 0.6 is 0 Å². The molecule has 0 bridgehead atoms. The van der Waals surface area contributed by atoms with Gasteiger partial charge in [0.15, 0.2) is 11.5 Å². The van der Waals surface area contributed by atoms with Crippen LogP contribution in [0.3, 0.4) is 0 Å². The molecule has 1 aliphatic heterocycles. The fourth-order valence-electron chi connectivity index (χ4n) is 2.44. The maximum atomic E-state index is 11.5. The first-order chi connectivity index (χ1) is 10.2. The lowest BCUT2D eigenvalue weighted by molar-refractivity contribution is 0.0535. The highest BCUT2D eigenvalue weighted by Gasteiger charge is 2.22. The first-order valence-corrected chi connectivity index (χ1v) is 6.40. The number of fused-ring (bicyclic) bond motifs is 1. The Kier molecular flexibility index (Phi) is 3.17. The van der Waals surface area contributed by atoms with Gasteiger partial charge in [-0.25, -0.2) is 4.79 Å². The summed E-state index contributed by atoms with van der Waals surface area (Å²) in [5, 5.41) is 10.4. The zero-order valence-electron chi connectivity index (χ0n) is 11.7. The quantitative estimate of drug-likeness (QED) is 0.879. The highest BCUT2D eigenvalue weighted by Crippen LogP contribution is 2.43. The largest absolute Gasteiger partial charge is 0.504 e. The van der Waals surface area contributed by atoms with Crippen LogP contribution in [-0.4, -0.2) is 25.3 Å². The number of carbonyl (C=O) groups is 1. The van der Waals surface area contributed by atoms with Crippen LogP contribution < -0.4 is 9.47 Å². The Hall–Kier alpha value is -2.69. The number of hydrogen-bond acceptors (Lipinski definition) is 5. The summed E-state index contributed by atoms with van der Waals surface area (Å²) in [6.07, 6.45) is 0. The molecule has 21 heavy (non-hydrogen) atoms. The molecule has 1 heterocycles. The van der Waals surface area contributed by atoms with Crippen molar-refractivity contribution in [3.05, 3.63) is 41.5 Å². The van der Waals surface area contributed by atoms with Crippen LogP contribution in [0.5, 0.6) is 17.2 Å². The van der Waals surface area contributed by atoms with E-state index in [-0.39, 0.29) is 24.1 Å². The SMILES string of the molecule is COc1ccc(-c2ccc3c(c2)COC3=O)c(O)c1OC. The van der Waals surface area contributed by atoms with Crippen molar-refractivity contribution >= 4 is 5.97 Å². The van der Waals surface area contributed by atoms with Crippen molar-refractivity contribution in [1.29, 1.82) is 0 Å². The molecule has 0 saturated heterocycles. The van der Waals surface area contributed by atoms with Crippen LogP contribution in [0, 0.1) is 0 Å². The second kappa shape index (κ2) is 5.01. The predicted molar refractivity (Wildman–Crippen MR) is 75.8 cm³/mol. The first kappa shape index (κ1) is 13.3. The van der Waals surface area contributed by atoms with Gasteiger partial charge in [-0.2, -0.15) is 0 Å². The fraction of sp³-hybridized carbons (Fsp3) is 0.188. The molecule has 0 aromatic heterocycles. The molecule has 2 aromatic carbocycles. The number of phenols is 1. The molecule has 1 N–H and O–H groups in total. The molecule has 5 nitrogen and oxygen atoms in total. The number of phenolic OH excluding ortho intramolecular Hbond substituents is 1. The third-order valence-electron chi connectivity index (χ3n) is 3.51. The van der Waals surface area contributed by atoms with Gasteiger partial charge in [-0.05, 0) is 29.8 Å². The molecule has 0 saturated carbocycles. The van der Waals surface area contributed by atoms with Gasteiger partial charge in [0.25, 0.3) is 0 Å². The molecular formula is C16H14O5. The van der Waals surface area contributed by atoms with Gasteiger partial charge in [-0.3, -0.25) is 0 Å². The van der Waals surface area contributed by atoms with Crippen molar-refractivity contribution in [2.45, 2.75) is 6.61 Å². The van der Waals surface area contributed by atoms with Gasteiger partial charge < -0.3 is 19.3 Å². The van der Waals surface area contributed by atoms with E-state index in [9.17, 15) is 9.90 Å². The van der Waals surface area contributed by atoms with E-state index in [2.05, 4.69) is 0 Å². The Morgan fingerprint density at radius 2 is 1.86 bits per heavy atom. The maximum absolute atomic E-state index is 11.5. The zero-order valence-corrected chi connectivity index (χ0v) is 11.7. The molecule has 108 valence electrons. The first-order valence-electron chi connectivity index (χ1n) is 6.40. The second-order valence-electron chi connectivity index (χ2n) is 4.65. The topological polar surface area (TPSA) is 65.0 Å². The smallest absolute Gasteiger partial charge is 0.338 e. The van der Waals surface area contributed by atoms with Gasteiger partial charge in [0.05, 0.1) is 19.8 Å². The summed E-state index contributed by atoms with van der Waals surface area (Å²) in [7, 11) is 2.98. The fourth-order valence-corrected chi connectivity index (χ4v) is 2.44. The lowest BCUT2D eigenvalue weighted by Gasteiger charge is -2.13. The van der Waals surface area contributed by atoms with Crippen molar-refractivity contribution in [2.24, 2.45) is 0 Å². The molecule has 0 unspecified atom stereocenters. The molecule has 3 rings (SSSR count). The van der Waals surface area contributed by atoms with Crippen molar-refractivity contribution in [3.8, 4) is 28.4 Å². The summed E-state index contributed by atoms with van der Waals surface area (Å²) in [6.45, 7) is 0.260. The highest BCUT2D eigenvalue weighted by molar-refractivity contribution is 5.94. The monoisotopic (exact) mass is 286 g/mol. The van der Waals surface area contributed by atoms with E-state index >= 15 is 0 Å². The Bertz CT molecular complexity index is 721. The molecule has 0 aliphatic carbocycles. The minimum Gasteiger partial charge on any atom is -0.504 e. The van der Waals surface area contributed by atoms with Crippen LogP contribution in [0.25, 0.3) is 11.1 Å². The van der Waals surface area contributed by atoms with Gasteiger partial charge in [0.1, 0.15) is 6.61 Å². The van der Waals surface area contributed by atoms with Crippen LogP contribution in [-0.2, 0) is 11.3 Å². The van der Waals surface area contributed by atoms with E-state index in [1.54, 1.807) is 24.3 Å². The molecule has 0 amide bonds. The Labute approximate surface area is 121 Å². The number of carbonyl (C=O) groups excluding carboxylic acids is 1. The Morgan fingerprint density at radius 3 is 2.57 bits per heavy atom. The molecule has 0 spiro atoms. The lowest BCUT2D eigenvalue weighted by atomic mass is 9.99. The van der Waals surface area contributed by atoms with E-state index in [1.807, 2.05) is 6.07 Å². The number of methoxy groups -OCH3 is 2. The van der Waals surface area contributed by atoms with Gasteiger partial charge >= 0.3 is 5.97 Å². The molecule has 2 aromatic rings. The van der Waals surface area contributed by atoms with E-state index in [0.29, 0.717) is 16.9 Å². The number of aromatic hydroxyl groups is 1. The number of rotatable bonds is 3. The van der Waals surface area contributed by atoms with Gasteiger partial charge in [0.2, 0.25) is 5.75 Å². The average molecular weight is 286 g/mol. The standard InChI is InChI=1S/C16H14O5/c1-19-13-6-5-11(14(17)15(13)20-2)9-3-4-12-10(7-9)8-21-16(12)18/h3-7,17H,8H2,1-2H3. The average Bonchev–Trinajstić information content (AvgIpc) is 2.87. The Balaban J connectivity index is 2.11. The second-order valence-corrected chi connectivity index (χ2v) is 4.65. The molecular weight excluding hydrogens is 272 g/mol. The minimum absolute atomic E-state index is 0.00189. The van der Waals surface area contributed by atoms with E-state index in [4.69, 9.17) is 14.2 Å². The van der Waals surface area contributed by atoms with Crippen LogP contribution in [0.15, 0.2) is 30.3 Å². The molecule has 0 radical (unpaired) electrons. The number of esters is 1. The highest BCUT2D eigenvalue weighted by atomic mass is 16.5. The molecule has 5 heteroatoms. The van der Waals surface area contributed by atoms with E-state index in [0.717, 1.165) is 11.1 Å². The van der Waals surface area contributed by atoms with Crippen molar-refractivity contribution in [3.63, 3.8) is 0 Å². The maximum Gasteiger partial charge on any atom is 0.338 e. The van der Waals surface area contributed by atoms with Crippen molar-refractivity contribution in [2.75, 3.05) is 14.2 Å². The van der Waals surface area contributed by atoms with Gasteiger partial charge in [-0.1, -0.05) is 6.07 Å². The molecule has 0 atom stereocenters. The lowest BCUT2D eigenvalue weighted by Crippen LogP contribution is -1.94. The summed E-state index contributed by atoms with van der Waals surface area (Å²) >= 11 is 0. The zero-order chi connectivity index (χ0) is 15.0. The Morgan fingerprint density at radius 1 is 1.10 bits per heavy atom. The number of ether oxygens (including phenoxy) is 3. The third-order valence-corrected chi connectivity index (χ3v) is 3.51. The predicted octanol–water partition coefficient (Wildman–Crippen LogP) is 2.75. The van der Waals surface area contributed by atoms with Crippen molar-refractivity contribution in [1.82, 2.24) is 0 Å². The summed E-state index contributed by atoms with van der Waals surface area (Å²) < 4.78 is 15.3. The molecule has 0 fully saturated rings. The van der Waals surface area contributed by atoms with E-state index in [1.165, 1.54) is 14.2 Å². The number of benzene rings is 2. The van der Waals surface area contributed by atoms with Crippen molar-refractivity contribution < 1.29 is 24.1 Å². The number of hydrogen-bond donors (Lipinski definition) is 1. The van der Waals surface area contributed by atoms with Gasteiger partial charge in [0, 0.05) is 11.1 Å². The number of cyclic esters (lactones) is 1. The summed E-state index contributed by atoms with van der Waals surface area (Å²) in [5.41, 5.74) is 2.77. The van der Waals surface area contributed by atoms with Gasteiger partial charge in [-0.15, -0.1) is 0 Å². The summed E-state index contributed by atoms with van der Waals surface area (Å²) in [5.74, 6) is 0.427. The summed E-state index contributed by atoms with van der Waals surface area (Å²) in [6, 6.07) is 8.78. The minimum atomic E-state index is -0.312. The van der Waals surface area contributed by atoms with Crippen LogP contribution in [0.2, 0.25) is 0 Å². The third kappa shape index (κ3) is 2.07. The summed E-state index contributed by atoms with van der Waals surface area (Å²) in [4.78, 5) is 11.5.